The maximum atomic E-state index is 11.9. The molecule has 2 rings (SSSR count). The summed E-state index contributed by atoms with van der Waals surface area (Å²) in [6.07, 6.45) is -1.02. The van der Waals surface area contributed by atoms with E-state index >= 15 is 0 Å². The van der Waals surface area contributed by atoms with Gasteiger partial charge in [0.1, 0.15) is 0 Å². The highest BCUT2D eigenvalue weighted by Gasteiger charge is 2.22. The number of carbonyl (C=O) groups is 1. The van der Waals surface area contributed by atoms with Crippen molar-refractivity contribution in [1.29, 1.82) is 0 Å². The van der Waals surface area contributed by atoms with Crippen molar-refractivity contribution in [2.45, 2.75) is 11.2 Å². The second-order valence-corrected chi connectivity index (χ2v) is 5.90. The lowest BCUT2D eigenvalue weighted by molar-refractivity contribution is 0.0656. The fraction of sp³-hybridized carbons (Fsp3) is 0.154. The van der Waals surface area contributed by atoms with Crippen molar-refractivity contribution >= 4 is 16.0 Å². The Bertz CT molecular complexity index is 722. The van der Waals surface area contributed by atoms with E-state index in [-0.39, 0.29) is 6.54 Å². The molecule has 1 aromatic heterocycles. The average molecular weight is 311 g/mol. The SMILES string of the molecule is O=C(O)c1ccc(S(=O)(=O)NCC(O)c2ccccc2)o1. The molecule has 2 aromatic rings. The molecule has 7 nitrogen and oxygen atoms in total. The van der Waals surface area contributed by atoms with Crippen LogP contribution in [0.5, 0.6) is 0 Å². The highest BCUT2D eigenvalue weighted by atomic mass is 32.2. The lowest BCUT2D eigenvalue weighted by atomic mass is 10.1. The number of aliphatic hydroxyl groups excluding tert-OH is 1. The second-order valence-electron chi connectivity index (χ2n) is 4.20. The van der Waals surface area contributed by atoms with Crippen LogP contribution in [-0.2, 0) is 10.0 Å². The van der Waals surface area contributed by atoms with Crippen LogP contribution in [0.3, 0.4) is 0 Å². The molecule has 0 saturated carbocycles. The monoisotopic (exact) mass is 311 g/mol. The van der Waals surface area contributed by atoms with Gasteiger partial charge in [-0.1, -0.05) is 30.3 Å². The van der Waals surface area contributed by atoms with Gasteiger partial charge < -0.3 is 14.6 Å². The third-order valence-corrected chi connectivity index (χ3v) is 4.00. The Morgan fingerprint density at radius 1 is 1.19 bits per heavy atom. The molecule has 0 aliphatic heterocycles. The maximum absolute atomic E-state index is 11.9. The molecule has 21 heavy (non-hydrogen) atoms. The van der Waals surface area contributed by atoms with Gasteiger partial charge in [0.2, 0.25) is 10.9 Å². The molecule has 0 radical (unpaired) electrons. The standard InChI is InChI=1S/C13H13NO6S/c15-10(9-4-2-1-3-5-9)8-14-21(18,19)12-7-6-11(20-12)13(16)17/h1-7,10,14-15H,8H2,(H,16,17). The summed E-state index contributed by atoms with van der Waals surface area (Å²) in [5.41, 5.74) is 0.561. The van der Waals surface area contributed by atoms with Crippen LogP contribution < -0.4 is 4.72 Å². The number of carboxylic acids is 1. The summed E-state index contributed by atoms with van der Waals surface area (Å²) < 4.78 is 30.7. The number of carboxylic acid groups (broad SMARTS) is 1. The lowest BCUT2D eigenvalue weighted by Crippen LogP contribution is -2.28. The van der Waals surface area contributed by atoms with Crippen LogP contribution >= 0.6 is 0 Å². The molecule has 8 heteroatoms. The van der Waals surface area contributed by atoms with Gasteiger partial charge >= 0.3 is 5.97 Å². The molecule has 0 aliphatic rings. The van der Waals surface area contributed by atoms with E-state index in [0.717, 1.165) is 12.1 Å². The lowest BCUT2D eigenvalue weighted by Gasteiger charge is -2.11. The quantitative estimate of drug-likeness (QED) is 0.732. The summed E-state index contributed by atoms with van der Waals surface area (Å²) >= 11 is 0. The Morgan fingerprint density at radius 2 is 1.86 bits per heavy atom. The van der Waals surface area contributed by atoms with Crippen molar-refractivity contribution in [3.8, 4) is 0 Å². The number of hydrogen-bond donors (Lipinski definition) is 3. The first kappa shape index (κ1) is 15.2. The summed E-state index contributed by atoms with van der Waals surface area (Å²) in [6.45, 7) is -0.255. The summed E-state index contributed by atoms with van der Waals surface area (Å²) in [4.78, 5) is 10.6. The largest absolute Gasteiger partial charge is 0.475 e. The molecular formula is C13H13NO6S. The Hall–Kier alpha value is -2.16. The first-order chi connectivity index (χ1) is 9.90. The fourth-order valence-electron chi connectivity index (χ4n) is 1.63. The molecule has 0 spiro atoms. The van der Waals surface area contributed by atoms with E-state index in [1.54, 1.807) is 30.3 Å². The van der Waals surface area contributed by atoms with Gasteiger partial charge in [-0.15, -0.1) is 0 Å². The summed E-state index contributed by atoms with van der Waals surface area (Å²) in [7, 11) is -4.02. The highest BCUT2D eigenvalue weighted by molar-refractivity contribution is 7.89. The van der Waals surface area contributed by atoms with Crippen molar-refractivity contribution in [1.82, 2.24) is 4.72 Å². The fourth-order valence-corrected chi connectivity index (χ4v) is 2.60. The van der Waals surface area contributed by atoms with Crippen molar-refractivity contribution in [2.75, 3.05) is 6.54 Å². The summed E-state index contributed by atoms with van der Waals surface area (Å²) in [5.74, 6) is -1.83. The van der Waals surface area contributed by atoms with Crippen LogP contribution in [0.15, 0.2) is 52.0 Å². The van der Waals surface area contributed by atoms with Crippen LogP contribution in [0, 0.1) is 0 Å². The first-order valence-electron chi connectivity index (χ1n) is 5.96. The molecule has 0 saturated heterocycles. The normalized spacial score (nSPS) is 13.0. The minimum Gasteiger partial charge on any atom is -0.475 e. The minimum absolute atomic E-state index is 0.255. The topological polar surface area (TPSA) is 117 Å². The summed E-state index contributed by atoms with van der Waals surface area (Å²) in [6, 6.07) is 10.6. The Morgan fingerprint density at radius 3 is 2.43 bits per heavy atom. The number of aliphatic hydroxyl groups is 1. The number of rotatable bonds is 6. The van der Waals surface area contributed by atoms with Crippen LogP contribution in [0.25, 0.3) is 0 Å². The molecule has 0 amide bonds. The van der Waals surface area contributed by atoms with E-state index in [0.29, 0.717) is 5.56 Å². The average Bonchev–Trinajstić information content (AvgIpc) is 2.97. The van der Waals surface area contributed by atoms with Gasteiger partial charge in [-0.05, 0) is 17.7 Å². The van der Waals surface area contributed by atoms with E-state index in [9.17, 15) is 18.3 Å². The van der Waals surface area contributed by atoms with E-state index in [1.807, 2.05) is 0 Å². The van der Waals surface area contributed by atoms with Crippen molar-refractivity contribution in [2.24, 2.45) is 0 Å². The number of hydrogen-bond acceptors (Lipinski definition) is 5. The van der Waals surface area contributed by atoms with Gasteiger partial charge in [0.25, 0.3) is 10.0 Å². The summed E-state index contributed by atoms with van der Waals surface area (Å²) in [5, 5.41) is 18.0. The molecule has 1 heterocycles. The molecular weight excluding hydrogens is 298 g/mol. The van der Waals surface area contributed by atoms with Crippen LogP contribution in [0.1, 0.15) is 22.2 Å². The van der Waals surface area contributed by atoms with Gasteiger partial charge in [0.15, 0.2) is 0 Å². The number of aromatic carboxylic acids is 1. The molecule has 0 bridgehead atoms. The van der Waals surface area contributed by atoms with Gasteiger partial charge in [0, 0.05) is 6.54 Å². The molecule has 0 fully saturated rings. The Labute approximate surface area is 120 Å². The molecule has 0 aliphatic carbocycles. The van der Waals surface area contributed by atoms with Gasteiger partial charge in [-0.2, -0.15) is 0 Å². The molecule has 3 N–H and O–H groups in total. The number of furan rings is 1. The van der Waals surface area contributed by atoms with Crippen LogP contribution in [0.2, 0.25) is 0 Å². The van der Waals surface area contributed by atoms with Crippen molar-refractivity contribution < 1.29 is 27.8 Å². The predicted molar refractivity (Wildman–Crippen MR) is 72.3 cm³/mol. The van der Waals surface area contributed by atoms with E-state index in [4.69, 9.17) is 9.52 Å². The maximum Gasteiger partial charge on any atom is 0.371 e. The Balaban J connectivity index is 2.06. The zero-order chi connectivity index (χ0) is 15.5. The molecule has 1 atom stereocenters. The molecule has 1 aromatic carbocycles. The second kappa shape index (κ2) is 6.08. The third-order valence-electron chi connectivity index (χ3n) is 2.71. The first-order valence-corrected chi connectivity index (χ1v) is 7.44. The van der Waals surface area contributed by atoms with E-state index in [2.05, 4.69) is 4.72 Å². The van der Waals surface area contributed by atoms with E-state index in [1.165, 1.54) is 0 Å². The Kier molecular flexibility index (Phi) is 4.41. The third kappa shape index (κ3) is 3.69. The zero-order valence-corrected chi connectivity index (χ0v) is 11.6. The zero-order valence-electron chi connectivity index (χ0n) is 10.8. The number of nitrogens with one attached hydrogen (secondary N) is 1. The number of benzene rings is 1. The van der Waals surface area contributed by atoms with Gasteiger partial charge in [0.05, 0.1) is 6.10 Å². The van der Waals surface area contributed by atoms with Crippen molar-refractivity contribution in [3.05, 3.63) is 53.8 Å². The smallest absolute Gasteiger partial charge is 0.371 e. The number of sulfonamides is 1. The highest BCUT2D eigenvalue weighted by Crippen LogP contribution is 2.16. The van der Waals surface area contributed by atoms with Gasteiger partial charge in [-0.3, -0.25) is 0 Å². The van der Waals surface area contributed by atoms with Crippen molar-refractivity contribution in [3.63, 3.8) is 0 Å². The van der Waals surface area contributed by atoms with E-state index < -0.39 is 32.9 Å². The van der Waals surface area contributed by atoms with Gasteiger partial charge in [-0.25, -0.2) is 17.9 Å². The van der Waals surface area contributed by atoms with Crippen LogP contribution in [0.4, 0.5) is 0 Å². The predicted octanol–water partition coefficient (Wildman–Crippen LogP) is 0.990. The minimum atomic E-state index is -4.02. The van der Waals surface area contributed by atoms with Crippen LogP contribution in [-0.4, -0.2) is 31.1 Å². The molecule has 1 unspecified atom stereocenters. The molecule has 112 valence electrons.